The SMILES string of the molecule is NC1CCCCCC1S(=O)CC(=O)NC1CC1. The van der Waals surface area contributed by atoms with Crippen molar-refractivity contribution in [1.82, 2.24) is 5.32 Å². The highest BCUT2D eigenvalue weighted by Gasteiger charge is 2.29. The molecule has 0 spiro atoms. The minimum absolute atomic E-state index is 0.00654. The molecule has 0 bridgehead atoms. The highest BCUT2D eigenvalue weighted by molar-refractivity contribution is 7.86. The van der Waals surface area contributed by atoms with Crippen LogP contribution in [0.15, 0.2) is 0 Å². The third-order valence-electron chi connectivity index (χ3n) is 3.56. The Labute approximate surface area is 105 Å². The summed E-state index contributed by atoms with van der Waals surface area (Å²) in [5.41, 5.74) is 6.04. The van der Waals surface area contributed by atoms with Crippen LogP contribution >= 0.6 is 0 Å². The van der Waals surface area contributed by atoms with Crippen LogP contribution in [0.3, 0.4) is 0 Å². The van der Waals surface area contributed by atoms with Gasteiger partial charge >= 0.3 is 0 Å². The van der Waals surface area contributed by atoms with Crippen LogP contribution in [0.25, 0.3) is 0 Å². The number of carbonyl (C=O) groups is 1. The highest BCUT2D eigenvalue weighted by atomic mass is 32.2. The molecule has 98 valence electrons. The first-order valence-electron chi connectivity index (χ1n) is 6.59. The monoisotopic (exact) mass is 258 g/mol. The van der Waals surface area contributed by atoms with E-state index in [0.717, 1.165) is 38.5 Å². The van der Waals surface area contributed by atoms with Gasteiger partial charge in [0.25, 0.3) is 0 Å². The van der Waals surface area contributed by atoms with E-state index in [4.69, 9.17) is 5.73 Å². The summed E-state index contributed by atoms with van der Waals surface area (Å²) < 4.78 is 12.1. The second-order valence-electron chi connectivity index (χ2n) is 5.21. The van der Waals surface area contributed by atoms with E-state index >= 15 is 0 Å². The van der Waals surface area contributed by atoms with Crippen LogP contribution in [0, 0.1) is 0 Å². The second-order valence-corrected chi connectivity index (χ2v) is 6.86. The Balaban J connectivity index is 1.81. The first kappa shape index (κ1) is 13.0. The Hall–Kier alpha value is -0.420. The molecule has 3 N–H and O–H groups in total. The topological polar surface area (TPSA) is 72.2 Å². The number of carbonyl (C=O) groups excluding carboxylic acids is 1. The van der Waals surface area contributed by atoms with Crippen molar-refractivity contribution in [2.45, 2.75) is 62.3 Å². The first-order chi connectivity index (χ1) is 8.16. The van der Waals surface area contributed by atoms with E-state index in [1.807, 2.05) is 0 Å². The fourth-order valence-corrected chi connectivity index (χ4v) is 3.87. The number of hydrogen-bond donors (Lipinski definition) is 2. The lowest BCUT2D eigenvalue weighted by molar-refractivity contribution is -0.118. The van der Waals surface area contributed by atoms with Gasteiger partial charge in [-0.1, -0.05) is 19.3 Å². The van der Waals surface area contributed by atoms with Crippen LogP contribution in [0.1, 0.15) is 44.9 Å². The summed E-state index contributed by atoms with van der Waals surface area (Å²) in [6.07, 6.45) is 7.39. The summed E-state index contributed by atoms with van der Waals surface area (Å²) in [5, 5.41) is 2.90. The van der Waals surface area contributed by atoms with Crippen LogP contribution in [0.5, 0.6) is 0 Å². The minimum atomic E-state index is -1.10. The van der Waals surface area contributed by atoms with Gasteiger partial charge in [0.1, 0.15) is 5.75 Å². The maximum absolute atomic E-state index is 12.1. The van der Waals surface area contributed by atoms with Gasteiger partial charge in [0.2, 0.25) is 5.91 Å². The van der Waals surface area contributed by atoms with E-state index in [9.17, 15) is 9.00 Å². The zero-order chi connectivity index (χ0) is 12.3. The number of rotatable bonds is 4. The lowest BCUT2D eigenvalue weighted by atomic mass is 10.1. The van der Waals surface area contributed by atoms with Crippen LogP contribution in [0.4, 0.5) is 0 Å². The smallest absolute Gasteiger partial charge is 0.232 e. The third-order valence-corrected chi connectivity index (χ3v) is 5.36. The molecule has 2 aliphatic carbocycles. The van der Waals surface area contributed by atoms with Crippen molar-refractivity contribution >= 4 is 16.7 Å². The fourth-order valence-electron chi connectivity index (χ4n) is 2.36. The molecular weight excluding hydrogens is 236 g/mol. The number of hydrogen-bond acceptors (Lipinski definition) is 3. The average Bonchev–Trinajstić information content (AvgIpc) is 3.06. The summed E-state index contributed by atoms with van der Waals surface area (Å²) >= 11 is 0. The van der Waals surface area contributed by atoms with Gasteiger partial charge in [0.05, 0.1) is 5.25 Å². The molecule has 0 saturated heterocycles. The molecule has 1 amide bonds. The van der Waals surface area contributed by atoms with Gasteiger partial charge in [0, 0.05) is 22.9 Å². The van der Waals surface area contributed by atoms with E-state index in [1.54, 1.807) is 0 Å². The summed E-state index contributed by atoms with van der Waals surface area (Å²) in [6.45, 7) is 0. The van der Waals surface area contributed by atoms with Crippen LogP contribution < -0.4 is 11.1 Å². The van der Waals surface area contributed by atoms with E-state index in [0.29, 0.717) is 6.04 Å². The average molecular weight is 258 g/mol. The number of nitrogens with one attached hydrogen (secondary N) is 1. The summed E-state index contributed by atoms with van der Waals surface area (Å²) in [4.78, 5) is 11.6. The van der Waals surface area contributed by atoms with Crippen LogP contribution in [-0.4, -0.2) is 33.2 Å². The Morgan fingerprint density at radius 3 is 2.59 bits per heavy atom. The Bertz CT molecular complexity index is 305. The van der Waals surface area contributed by atoms with Gasteiger partial charge in [0.15, 0.2) is 0 Å². The molecule has 0 aromatic heterocycles. The summed E-state index contributed by atoms with van der Waals surface area (Å²) in [7, 11) is -1.10. The molecule has 0 aromatic rings. The van der Waals surface area contributed by atoms with Gasteiger partial charge in [-0.3, -0.25) is 9.00 Å². The lowest BCUT2D eigenvalue weighted by Gasteiger charge is -2.20. The molecule has 0 aromatic carbocycles. The molecule has 2 saturated carbocycles. The molecule has 2 aliphatic rings. The van der Waals surface area contributed by atoms with E-state index in [2.05, 4.69) is 5.32 Å². The molecule has 0 heterocycles. The Kier molecular flexibility index (Phi) is 4.56. The predicted molar refractivity (Wildman–Crippen MR) is 69.0 cm³/mol. The molecule has 3 atom stereocenters. The van der Waals surface area contributed by atoms with Gasteiger partial charge in [-0.2, -0.15) is 0 Å². The number of nitrogens with two attached hydrogens (primary N) is 1. The van der Waals surface area contributed by atoms with Crippen molar-refractivity contribution in [2.24, 2.45) is 5.73 Å². The van der Waals surface area contributed by atoms with Crippen molar-refractivity contribution in [1.29, 1.82) is 0 Å². The van der Waals surface area contributed by atoms with Crippen molar-refractivity contribution < 1.29 is 9.00 Å². The summed E-state index contributed by atoms with van der Waals surface area (Å²) in [6, 6.07) is 0.356. The predicted octanol–water partition coefficient (Wildman–Crippen LogP) is 0.674. The second kappa shape index (κ2) is 5.96. The largest absolute Gasteiger partial charge is 0.353 e. The Morgan fingerprint density at radius 1 is 1.18 bits per heavy atom. The standard InChI is InChI=1S/C12H22N2O2S/c13-10-4-2-1-3-5-11(10)17(16)8-12(15)14-9-6-7-9/h9-11H,1-8,13H2,(H,14,15). The van der Waals surface area contributed by atoms with Crippen molar-refractivity contribution in [3.63, 3.8) is 0 Å². The first-order valence-corrected chi connectivity index (χ1v) is 7.97. The zero-order valence-corrected chi connectivity index (χ0v) is 11.0. The molecule has 17 heavy (non-hydrogen) atoms. The third kappa shape index (κ3) is 4.07. The maximum Gasteiger partial charge on any atom is 0.232 e. The van der Waals surface area contributed by atoms with Gasteiger partial charge < -0.3 is 11.1 Å². The van der Waals surface area contributed by atoms with Gasteiger partial charge in [-0.15, -0.1) is 0 Å². The highest BCUT2D eigenvalue weighted by Crippen LogP contribution is 2.22. The quantitative estimate of drug-likeness (QED) is 0.728. The van der Waals surface area contributed by atoms with Gasteiger partial charge in [-0.25, -0.2) is 0 Å². The van der Waals surface area contributed by atoms with E-state index < -0.39 is 10.8 Å². The lowest BCUT2D eigenvalue weighted by Crippen LogP contribution is -2.41. The van der Waals surface area contributed by atoms with Crippen molar-refractivity contribution in [2.75, 3.05) is 5.75 Å². The molecule has 4 nitrogen and oxygen atoms in total. The molecule has 0 aliphatic heterocycles. The normalized spacial score (nSPS) is 31.6. The van der Waals surface area contributed by atoms with Crippen molar-refractivity contribution in [3.05, 3.63) is 0 Å². The minimum Gasteiger partial charge on any atom is -0.353 e. The molecule has 5 heteroatoms. The molecule has 2 rings (SSSR count). The number of amides is 1. The molecule has 0 radical (unpaired) electrons. The molecular formula is C12H22N2O2S. The maximum atomic E-state index is 12.1. The molecule has 2 fully saturated rings. The Morgan fingerprint density at radius 2 is 1.88 bits per heavy atom. The van der Waals surface area contributed by atoms with Crippen LogP contribution in [0.2, 0.25) is 0 Å². The van der Waals surface area contributed by atoms with Gasteiger partial charge in [-0.05, 0) is 25.7 Å². The van der Waals surface area contributed by atoms with E-state index in [1.165, 1.54) is 6.42 Å². The van der Waals surface area contributed by atoms with E-state index in [-0.39, 0.29) is 23.0 Å². The van der Waals surface area contributed by atoms with Crippen molar-refractivity contribution in [3.8, 4) is 0 Å². The zero-order valence-electron chi connectivity index (χ0n) is 10.2. The molecule has 3 unspecified atom stereocenters. The summed E-state index contributed by atoms with van der Waals surface area (Å²) in [5.74, 6) is 0.0665. The van der Waals surface area contributed by atoms with Crippen LogP contribution in [-0.2, 0) is 15.6 Å². The fraction of sp³-hybridized carbons (Fsp3) is 0.917.